The van der Waals surface area contributed by atoms with Gasteiger partial charge < -0.3 is 0 Å². The molecule has 132 valence electrons. The Labute approximate surface area is 138 Å². The maximum atomic E-state index is 12.9. The van der Waals surface area contributed by atoms with E-state index in [-0.39, 0.29) is 12.5 Å². The Balaban J connectivity index is 2.14. The number of rotatable bonds is 4. The summed E-state index contributed by atoms with van der Waals surface area (Å²) >= 11 is 0. The van der Waals surface area contributed by atoms with E-state index >= 15 is 0 Å². The van der Waals surface area contributed by atoms with Crippen molar-refractivity contribution in [3.8, 4) is 0 Å². The quantitative estimate of drug-likeness (QED) is 0.788. The third kappa shape index (κ3) is 4.53. The van der Waals surface area contributed by atoms with Gasteiger partial charge in [0, 0.05) is 18.9 Å². The topological polar surface area (TPSA) is 91.8 Å². The zero-order chi connectivity index (χ0) is 17.4. The van der Waals surface area contributed by atoms with Crippen LogP contribution in [0.4, 0.5) is 0 Å². The molecule has 0 spiro atoms. The SMILES string of the molecule is CC(=O)N(CCS(=O)(=O)O)C(=O)C1(C)CC2CC(C)CC(C2)C1. The number of amides is 2. The molecule has 0 aromatic rings. The molecule has 0 saturated heterocycles. The Bertz CT molecular complexity index is 567. The summed E-state index contributed by atoms with van der Waals surface area (Å²) in [4.78, 5) is 25.7. The molecule has 2 saturated carbocycles. The molecule has 2 aliphatic carbocycles. The van der Waals surface area contributed by atoms with Crippen molar-refractivity contribution in [3.63, 3.8) is 0 Å². The van der Waals surface area contributed by atoms with Crippen molar-refractivity contribution in [2.45, 2.75) is 52.9 Å². The van der Waals surface area contributed by atoms with Crippen molar-refractivity contribution in [1.29, 1.82) is 0 Å². The first-order valence-corrected chi connectivity index (χ1v) is 9.89. The Morgan fingerprint density at radius 2 is 1.70 bits per heavy atom. The monoisotopic (exact) mass is 345 g/mol. The molecule has 2 aliphatic rings. The molecule has 0 radical (unpaired) electrons. The lowest BCUT2D eigenvalue weighted by atomic mass is 9.59. The summed E-state index contributed by atoms with van der Waals surface area (Å²) in [5, 5.41) is 0. The average Bonchev–Trinajstić information content (AvgIpc) is 2.34. The lowest BCUT2D eigenvalue weighted by Crippen LogP contribution is -2.50. The van der Waals surface area contributed by atoms with Gasteiger partial charge in [-0.2, -0.15) is 8.42 Å². The number of imide groups is 1. The highest BCUT2D eigenvalue weighted by molar-refractivity contribution is 7.85. The summed E-state index contributed by atoms with van der Waals surface area (Å²) in [6, 6.07) is 0. The molecular weight excluding hydrogens is 318 g/mol. The van der Waals surface area contributed by atoms with Gasteiger partial charge in [-0.25, -0.2) is 0 Å². The van der Waals surface area contributed by atoms with Crippen LogP contribution in [0.1, 0.15) is 52.9 Å². The second-order valence-electron chi connectivity index (χ2n) is 7.78. The van der Waals surface area contributed by atoms with E-state index in [1.807, 2.05) is 6.92 Å². The van der Waals surface area contributed by atoms with Crippen LogP contribution in [-0.2, 0) is 19.7 Å². The molecule has 0 aromatic heterocycles. The lowest BCUT2D eigenvalue weighted by Gasteiger charge is -2.47. The molecule has 7 heteroatoms. The van der Waals surface area contributed by atoms with Crippen molar-refractivity contribution in [2.75, 3.05) is 12.3 Å². The first-order valence-electron chi connectivity index (χ1n) is 8.28. The molecule has 2 bridgehead atoms. The molecule has 0 heterocycles. The van der Waals surface area contributed by atoms with Gasteiger partial charge in [0.1, 0.15) is 0 Å². The van der Waals surface area contributed by atoms with Crippen LogP contribution < -0.4 is 0 Å². The van der Waals surface area contributed by atoms with Crippen molar-refractivity contribution in [2.24, 2.45) is 23.2 Å². The Hall–Kier alpha value is -0.950. The van der Waals surface area contributed by atoms with Crippen LogP contribution in [0.5, 0.6) is 0 Å². The number of nitrogens with zero attached hydrogens (tertiary/aromatic N) is 1. The zero-order valence-electron chi connectivity index (χ0n) is 14.1. The Morgan fingerprint density at radius 3 is 2.13 bits per heavy atom. The van der Waals surface area contributed by atoms with E-state index in [1.54, 1.807) is 0 Å². The molecule has 23 heavy (non-hydrogen) atoms. The van der Waals surface area contributed by atoms with Gasteiger partial charge >= 0.3 is 0 Å². The highest BCUT2D eigenvalue weighted by Crippen LogP contribution is 2.50. The smallest absolute Gasteiger partial charge is 0.266 e. The number of carbonyl (C=O) groups is 2. The van der Waals surface area contributed by atoms with Gasteiger partial charge in [-0.15, -0.1) is 0 Å². The summed E-state index contributed by atoms with van der Waals surface area (Å²) < 4.78 is 30.8. The fourth-order valence-electron chi connectivity index (χ4n) is 4.70. The van der Waals surface area contributed by atoms with Crippen molar-refractivity contribution >= 4 is 21.9 Å². The van der Waals surface area contributed by atoms with Gasteiger partial charge in [0.15, 0.2) is 0 Å². The maximum Gasteiger partial charge on any atom is 0.266 e. The van der Waals surface area contributed by atoms with Gasteiger partial charge in [-0.1, -0.05) is 13.8 Å². The first kappa shape index (κ1) is 18.4. The van der Waals surface area contributed by atoms with Crippen molar-refractivity contribution in [1.82, 2.24) is 4.90 Å². The minimum absolute atomic E-state index is 0.283. The van der Waals surface area contributed by atoms with E-state index < -0.39 is 27.2 Å². The predicted molar refractivity (Wildman–Crippen MR) is 86.1 cm³/mol. The molecule has 2 atom stereocenters. The van der Waals surface area contributed by atoms with Gasteiger partial charge in [0.05, 0.1) is 5.75 Å². The highest BCUT2D eigenvalue weighted by Gasteiger charge is 2.47. The second kappa shape index (κ2) is 6.51. The number of hydrogen-bond donors (Lipinski definition) is 1. The van der Waals surface area contributed by atoms with E-state index in [1.165, 1.54) is 6.92 Å². The Kier molecular flexibility index (Phi) is 5.21. The van der Waals surface area contributed by atoms with E-state index in [2.05, 4.69) is 6.92 Å². The van der Waals surface area contributed by atoms with Gasteiger partial charge in [-0.3, -0.25) is 19.0 Å². The Morgan fingerprint density at radius 1 is 1.17 bits per heavy atom. The fourth-order valence-corrected chi connectivity index (χ4v) is 5.11. The molecular formula is C16H27NO5S. The first-order chi connectivity index (χ1) is 10.5. The lowest BCUT2D eigenvalue weighted by molar-refractivity contribution is -0.154. The zero-order valence-corrected chi connectivity index (χ0v) is 14.9. The van der Waals surface area contributed by atoms with Gasteiger partial charge in [0.25, 0.3) is 10.1 Å². The number of fused-ring (bicyclic) bond motifs is 2. The fraction of sp³-hybridized carbons (Fsp3) is 0.875. The summed E-state index contributed by atoms with van der Waals surface area (Å²) in [7, 11) is -4.21. The minimum atomic E-state index is -4.21. The molecule has 0 aromatic carbocycles. The second-order valence-corrected chi connectivity index (χ2v) is 9.35. The van der Waals surface area contributed by atoms with Gasteiger partial charge in [0.2, 0.25) is 11.8 Å². The van der Waals surface area contributed by atoms with Crippen LogP contribution in [0.25, 0.3) is 0 Å². The molecule has 6 nitrogen and oxygen atoms in total. The third-order valence-electron chi connectivity index (χ3n) is 5.33. The van der Waals surface area contributed by atoms with Crippen LogP contribution in [0, 0.1) is 23.2 Å². The summed E-state index contributed by atoms with van der Waals surface area (Å²) in [6.07, 6.45) is 4.89. The minimum Gasteiger partial charge on any atom is -0.285 e. The standard InChI is InChI=1S/C16H27NO5S/c1-11-6-13-8-14(7-11)10-16(3,9-13)15(19)17(12(2)18)4-5-23(20,21)22/h11,13-14H,4-10H2,1-3H3,(H,20,21,22). The number of carbonyl (C=O) groups excluding carboxylic acids is 2. The van der Waals surface area contributed by atoms with Gasteiger partial charge in [-0.05, 0) is 49.9 Å². The van der Waals surface area contributed by atoms with Crippen molar-refractivity contribution < 1.29 is 22.6 Å². The molecule has 2 amide bonds. The van der Waals surface area contributed by atoms with E-state index in [9.17, 15) is 18.0 Å². The molecule has 0 aliphatic heterocycles. The largest absolute Gasteiger partial charge is 0.285 e. The normalized spacial score (nSPS) is 34.0. The predicted octanol–water partition coefficient (Wildman–Crippen LogP) is 2.10. The maximum absolute atomic E-state index is 12.9. The van der Waals surface area contributed by atoms with E-state index in [0.29, 0.717) is 17.8 Å². The van der Waals surface area contributed by atoms with E-state index in [4.69, 9.17) is 4.55 Å². The molecule has 2 unspecified atom stereocenters. The highest BCUT2D eigenvalue weighted by atomic mass is 32.2. The van der Waals surface area contributed by atoms with Crippen LogP contribution >= 0.6 is 0 Å². The number of hydrogen-bond acceptors (Lipinski definition) is 4. The van der Waals surface area contributed by atoms with Crippen LogP contribution in [-0.4, -0.2) is 42.0 Å². The van der Waals surface area contributed by atoms with Crippen LogP contribution in [0.15, 0.2) is 0 Å². The van der Waals surface area contributed by atoms with E-state index in [0.717, 1.165) is 37.0 Å². The summed E-state index contributed by atoms with van der Waals surface area (Å²) in [6.45, 7) is 5.12. The molecule has 2 rings (SSSR count). The molecule has 1 N–H and O–H groups in total. The van der Waals surface area contributed by atoms with Crippen molar-refractivity contribution in [3.05, 3.63) is 0 Å². The average molecular weight is 345 g/mol. The van der Waals surface area contributed by atoms with Crippen LogP contribution in [0.3, 0.4) is 0 Å². The molecule has 2 fully saturated rings. The summed E-state index contributed by atoms with van der Waals surface area (Å²) in [5.41, 5.74) is -0.612. The third-order valence-corrected chi connectivity index (χ3v) is 6.03. The van der Waals surface area contributed by atoms with Crippen LogP contribution in [0.2, 0.25) is 0 Å². The summed E-state index contributed by atoms with van der Waals surface area (Å²) in [5.74, 6) is 0.311.